The van der Waals surface area contributed by atoms with Gasteiger partial charge in [-0.05, 0) is 19.1 Å². The van der Waals surface area contributed by atoms with Crippen molar-refractivity contribution >= 4 is 5.78 Å². The molecule has 0 saturated carbocycles. The van der Waals surface area contributed by atoms with E-state index in [0.717, 1.165) is 12.1 Å². The molecule has 0 spiro atoms. The molecule has 2 nitrogen and oxygen atoms in total. The van der Waals surface area contributed by atoms with Crippen LogP contribution in [0.3, 0.4) is 0 Å². The Morgan fingerprint density at radius 2 is 1.86 bits per heavy atom. The second kappa shape index (κ2) is 4.28. The summed E-state index contributed by atoms with van der Waals surface area (Å²) in [5, 5.41) is 8.91. The van der Waals surface area contributed by atoms with Crippen LogP contribution in [0.4, 0.5) is 8.78 Å². The highest BCUT2D eigenvalue weighted by molar-refractivity contribution is 5.96. The standard InChI is InChI=1S/C10H10F2O2/c1-6(13)2-10(14)7-3-8(11)5-9(12)4-7/h3-6,13H,2H2,1H3. The average Bonchev–Trinajstić information content (AvgIpc) is 2.00. The summed E-state index contributed by atoms with van der Waals surface area (Å²) in [5.74, 6) is -2.06. The Balaban J connectivity index is 2.90. The van der Waals surface area contributed by atoms with Crippen LogP contribution in [-0.4, -0.2) is 17.0 Å². The molecule has 0 amide bonds. The zero-order chi connectivity index (χ0) is 10.7. The molecule has 1 aromatic rings. The normalized spacial score (nSPS) is 12.6. The summed E-state index contributed by atoms with van der Waals surface area (Å²) in [4.78, 5) is 11.3. The smallest absolute Gasteiger partial charge is 0.165 e. The second-order valence-electron chi connectivity index (χ2n) is 3.13. The van der Waals surface area contributed by atoms with E-state index in [1.807, 2.05) is 0 Å². The van der Waals surface area contributed by atoms with Crippen LogP contribution in [0.15, 0.2) is 18.2 Å². The molecule has 1 aromatic carbocycles. The van der Waals surface area contributed by atoms with Crippen LogP contribution in [-0.2, 0) is 0 Å². The average molecular weight is 200 g/mol. The lowest BCUT2D eigenvalue weighted by Crippen LogP contribution is -2.10. The Hall–Kier alpha value is -1.29. The zero-order valence-electron chi connectivity index (χ0n) is 7.63. The largest absolute Gasteiger partial charge is 0.393 e. The number of aliphatic hydroxyl groups excluding tert-OH is 1. The third-order valence-corrected chi connectivity index (χ3v) is 1.67. The molecule has 0 aliphatic heterocycles. The minimum absolute atomic E-state index is 0.0524. The van der Waals surface area contributed by atoms with Crippen LogP contribution < -0.4 is 0 Å². The van der Waals surface area contributed by atoms with Gasteiger partial charge in [0.2, 0.25) is 0 Å². The predicted molar refractivity (Wildman–Crippen MR) is 47.0 cm³/mol. The molecule has 0 aliphatic carbocycles. The molecule has 1 unspecified atom stereocenters. The lowest BCUT2D eigenvalue weighted by molar-refractivity contribution is 0.0900. The Kier molecular flexibility index (Phi) is 3.30. The van der Waals surface area contributed by atoms with Crippen LogP contribution in [0, 0.1) is 11.6 Å². The Morgan fingerprint density at radius 3 is 2.29 bits per heavy atom. The van der Waals surface area contributed by atoms with E-state index >= 15 is 0 Å². The molecule has 1 N–H and O–H groups in total. The van der Waals surface area contributed by atoms with Gasteiger partial charge in [0.1, 0.15) is 11.6 Å². The molecule has 4 heteroatoms. The van der Waals surface area contributed by atoms with E-state index < -0.39 is 23.5 Å². The lowest BCUT2D eigenvalue weighted by atomic mass is 10.1. The van der Waals surface area contributed by atoms with E-state index in [4.69, 9.17) is 5.11 Å². The fourth-order valence-corrected chi connectivity index (χ4v) is 1.10. The second-order valence-corrected chi connectivity index (χ2v) is 3.13. The first-order valence-electron chi connectivity index (χ1n) is 4.16. The Labute approximate surface area is 80.2 Å². The number of hydrogen-bond donors (Lipinski definition) is 1. The summed E-state index contributed by atoms with van der Waals surface area (Å²) in [7, 11) is 0. The van der Waals surface area contributed by atoms with Gasteiger partial charge in [-0.15, -0.1) is 0 Å². The quantitative estimate of drug-likeness (QED) is 0.757. The maximum atomic E-state index is 12.7. The maximum Gasteiger partial charge on any atom is 0.165 e. The molecule has 0 aromatic heterocycles. The Bertz CT molecular complexity index is 328. The van der Waals surface area contributed by atoms with E-state index in [-0.39, 0.29) is 12.0 Å². The summed E-state index contributed by atoms with van der Waals surface area (Å²) in [6, 6.07) is 2.60. The molecule has 1 rings (SSSR count). The summed E-state index contributed by atoms with van der Waals surface area (Å²) in [5.41, 5.74) is -0.0524. The van der Waals surface area contributed by atoms with Crippen LogP contribution >= 0.6 is 0 Å². The third kappa shape index (κ3) is 2.88. The first kappa shape index (κ1) is 10.8. The van der Waals surface area contributed by atoms with Crippen LogP contribution in [0.1, 0.15) is 23.7 Å². The van der Waals surface area contributed by atoms with Gasteiger partial charge in [-0.3, -0.25) is 4.79 Å². The van der Waals surface area contributed by atoms with Crippen LogP contribution in [0.5, 0.6) is 0 Å². The van der Waals surface area contributed by atoms with Crippen molar-refractivity contribution in [1.82, 2.24) is 0 Å². The van der Waals surface area contributed by atoms with Gasteiger partial charge in [-0.2, -0.15) is 0 Å². The predicted octanol–water partition coefficient (Wildman–Crippen LogP) is 1.92. The number of carbonyl (C=O) groups excluding carboxylic acids is 1. The van der Waals surface area contributed by atoms with Gasteiger partial charge >= 0.3 is 0 Å². The summed E-state index contributed by atoms with van der Waals surface area (Å²) < 4.78 is 25.3. The van der Waals surface area contributed by atoms with E-state index in [0.29, 0.717) is 6.07 Å². The van der Waals surface area contributed by atoms with Crippen molar-refractivity contribution < 1.29 is 18.7 Å². The minimum atomic E-state index is -0.811. The number of aliphatic hydroxyl groups is 1. The minimum Gasteiger partial charge on any atom is -0.393 e. The molecule has 0 aliphatic rings. The van der Waals surface area contributed by atoms with E-state index in [1.165, 1.54) is 6.92 Å². The monoisotopic (exact) mass is 200 g/mol. The molecule has 14 heavy (non-hydrogen) atoms. The molecule has 0 heterocycles. The van der Waals surface area contributed by atoms with Gasteiger partial charge < -0.3 is 5.11 Å². The van der Waals surface area contributed by atoms with Crippen molar-refractivity contribution in [2.75, 3.05) is 0 Å². The number of benzene rings is 1. The summed E-state index contributed by atoms with van der Waals surface area (Å²) in [6.45, 7) is 1.44. The third-order valence-electron chi connectivity index (χ3n) is 1.67. The van der Waals surface area contributed by atoms with Gasteiger partial charge in [-0.1, -0.05) is 0 Å². The highest BCUT2D eigenvalue weighted by Crippen LogP contribution is 2.11. The molecule has 0 saturated heterocycles. The van der Waals surface area contributed by atoms with Crippen molar-refractivity contribution in [3.8, 4) is 0 Å². The lowest BCUT2D eigenvalue weighted by Gasteiger charge is -2.03. The van der Waals surface area contributed by atoms with Crippen molar-refractivity contribution in [2.24, 2.45) is 0 Å². The molecule has 0 bridgehead atoms. The fourth-order valence-electron chi connectivity index (χ4n) is 1.10. The molecule has 0 radical (unpaired) electrons. The number of Topliss-reactive ketones (excluding diaryl/α,β-unsaturated/α-hetero) is 1. The number of carbonyl (C=O) groups is 1. The summed E-state index contributed by atoms with van der Waals surface area (Å²) >= 11 is 0. The molecule has 0 fully saturated rings. The van der Waals surface area contributed by atoms with Crippen molar-refractivity contribution in [3.63, 3.8) is 0 Å². The molecule has 1 atom stereocenters. The van der Waals surface area contributed by atoms with Crippen molar-refractivity contribution in [2.45, 2.75) is 19.4 Å². The zero-order valence-corrected chi connectivity index (χ0v) is 7.63. The van der Waals surface area contributed by atoms with Gasteiger partial charge in [-0.25, -0.2) is 8.78 Å². The van der Waals surface area contributed by atoms with Crippen LogP contribution in [0.2, 0.25) is 0 Å². The number of halogens is 2. The molecular weight excluding hydrogens is 190 g/mol. The fraction of sp³-hybridized carbons (Fsp3) is 0.300. The highest BCUT2D eigenvalue weighted by atomic mass is 19.1. The molecule has 76 valence electrons. The number of hydrogen-bond acceptors (Lipinski definition) is 2. The Morgan fingerprint density at radius 1 is 1.36 bits per heavy atom. The maximum absolute atomic E-state index is 12.7. The summed E-state index contributed by atoms with van der Waals surface area (Å²) in [6.07, 6.45) is -0.947. The number of ketones is 1. The highest BCUT2D eigenvalue weighted by Gasteiger charge is 2.11. The number of rotatable bonds is 3. The first-order chi connectivity index (χ1) is 6.49. The van der Waals surface area contributed by atoms with E-state index in [1.54, 1.807) is 0 Å². The SMILES string of the molecule is CC(O)CC(=O)c1cc(F)cc(F)c1. The van der Waals surface area contributed by atoms with Gasteiger partial charge in [0.05, 0.1) is 6.10 Å². The van der Waals surface area contributed by atoms with E-state index in [9.17, 15) is 13.6 Å². The van der Waals surface area contributed by atoms with Gasteiger partial charge in [0, 0.05) is 18.1 Å². The first-order valence-corrected chi connectivity index (χ1v) is 4.16. The van der Waals surface area contributed by atoms with Gasteiger partial charge in [0.15, 0.2) is 5.78 Å². The van der Waals surface area contributed by atoms with Crippen LogP contribution in [0.25, 0.3) is 0 Å². The van der Waals surface area contributed by atoms with Crippen molar-refractivity contribution in [3.05, 3.63) is 35.4 Å². The van der Waals surface area contributed by atoms with Crippen molar-refractivity contribution in [1.29, 1.82) is 0 Å². The van der Waals surface area contributed by atoms with E-state index in [2.05, 4.69) is 0 Å². The molecular formula is C10H10F2O2. The van der Waals surface area contributed by atoms with Gasteiger partial charge in [0.25, 0.3) is 0 Å². The topological polar surface area (TPSA) is 37.3 Å².